The largest absolute Gasteiger partial charge is 0.378 e. The molecule has 0 amide bonds. The van der Waals surface area contributed by atoms with Crippen LogP contribution in [-0.4, -0.2) is 14.1 Å². The molecule has 0 aliphatic heterocycles. The molecule has 0 heterocycles. The minimum absolute atomic E-state index is 0.242. The molecule has 0 saturated carbocycles. The molecule has 112 valence electrons. The number of hydrogen-bond acceptors (Lipinski definition) is 2. The van der Waals surface area contributed by atoms with E-state index in [9.17, 15) is 0 Å². The van der Waals surface area contributed by atoms with Crippen LogP contribution >= 0.6 is 11.6 Å². The van der Waals surface area contributed by atoms with Gasteiger partial charge in [0.1, 0.15) is 0 Å². The Kier molecular flexibility index (Phi) is 4.79. The van der Waals surface area contributed by atoms with Crippen LogP contribution in [0.25, 0.3) is 0 Å². The van der Waals surface area contributed by atoms with E-state index in [1.54, 1.807) is 0 Å². The molecule has 0 bridgehead atoms. The number of halogens is 1. The summed E-state index contributed by atoms with van der Waals surface area (Å²) in [5.74, 6) is 0. The van der Waals surface area contributed by atoms with Crippen molar-refractivity contribution < 1.29 is 0 Å². The predicted molar refractivity (Wildman–Crippen MR) is 93.7 cm³/mol. The van der Waals surface area contributed by atoms with Crippen LogP contribution < -0.4 is 10.2 Å². The van der Waals surface area contributed by atoms with Crippen molar-refractivity contribution in [2.45, 2.75) is 26.8 Å². The first kappa shape index (κ1) is 15.7. The average molecular weight is 303 g/mol. The van der Waals surface area contributed by atoms with Crippen LogP contribution in [0.3, 0.4) is 0 Å². The number of nitrogens with one attached hydrogen (secondary N) is 1. The summed E-state index contributed by atoms with van der Waals surface area (Å²) in [5.41, 5.74) is 5.99. The first-order valence-electron chi connectivity index (χ1n) is 7.19. The highest BCUT2D eigenvalue weighted by molar-refractivity contribution is 6.33. The second-order valence-electron chi connectivity index (χ2n) is 5.79. The van der Waals surface area contributed by atoms with Gasteiger partial charge in [-0.3, -0.25) is 0 Å². The van der Waals surface area contributed by atoms with Crippen molar-refractivity contribution in [3.05, 3.63) is 58.1 Å². The zero-order chi connectivity index (χ0) is 15.6. The maximum absolute atomic E-state index is 6.32. The number of rotatable bonds is 4. The van der Waals surface area contributed by atoms with Gasteiger partial charge in [-0.25, -0.2) is 0 Å². The summed E-state index contributed by atoms with van der Waals surface area (Å²) in [4.78, 5) is 2.01. The maximum Gasteiger partial charge on any atom is 0.0659 e. The monoisotopic (exact) mass is 302 g/mol. The average Bonchev–Trinajstić information content (AvgIpc) is 2.37. The second kappa shape index (κ2) is 6.40. The third kappa shape index (κ3) is 3.70. The molecule has 2 nitrogen and oxygen atoms in total. The second-order valence-corrected chi connectivity index (χ2v) is 6.19. The van der Waals surface area contributed by atoms with Gasteiger partial charge in [0.25, 0.3) is 0 Å². The lowest BCUT2D eigenvalue weighted by atomic mass is 10.00. The molecule has 1 atom stereocenters. The summed E-state index contributed by atoms with van der Waals surface area (Å²) < 4.78 is 0. The third-order valence-corrected chi connectivity index (χ3v) is 4.01. The number of aryl methyl sites for hydroxylation is 2. The molecule has 21 heavy (non-hydrogen) atoms. The fourth-order valence-corrected chi connectivity index (χ4v) is 2.95. The predicted octanol–water partition coefficient (Wildman–Crippen LogP) is 5.20. The van der Waals surface area contributed by atoms with Gasteiger partial charge in [0.05, 0.1) is 10.7 Å². The van der Waals surface area contributed by atoms with Crippen LogP contribution in [0.4, 0.5) is 11.4 Å². The summed E-state index contributed by atoms with van der Waals surface area (Å²) in [6.45, 7) is 6.45. The zero-order valence-corrected chi connectivity index (χ0v) is 14.1. The van der Waals surface area contributed by atoms with Crippen LogP contribution in [0.5, 0.6) is 0 Å². The van der Waals surface area contributed by atoms with Crippen molar-refractivity contribution >= 4 is 23.0 Å². The Labute approximate surface area is 132 Å². The van der Waals surface area contributed by atoms with Gasteiger partial charge in [-0.2, -0.15) is 0 Å². The van der Waals surface area contributed by atoms with E-state index in [2.05, 4.69) is 50.4 Å². The number of nitrogens with zero attached hydrogens (tertiary/aromatic N) is 1. The molecular weight excluding hydrogens is 280 g/mol. The molecule has 2 aromatic carbocycles. The van der Waals surface area contributed by atoms with Gasteiger partial charge in [0.15, 0.2) is 0 Å². The molecule has 1 unspecified atom stereocenters. The molecule has 0 fully saturated rings. The quantitative estimate of drug-likeness (QED) is 0.835. The Morgan fingerprint density at radius 2 is 1.76 bits per heavy atom. The van der Waals surface area contributed by atoms with Gasteiger partial charge < -0.3 is 10.2 Å². The lowest BCUT2D eigenvalue weighted by Crippen LogP contribution is -2.11. The molecule has 3 heteroatoms. The normalized spacial score (nSPS) is 12.1. The van der Waals surface area contributed by atoms with E-state index in [1.165, 1.54) is 16.7 Å². The molecule has 2 aromatic rings. The Hall–Kier alpha value is -1.67. The topological polar surface area (TPSA) is 15.3 Å². The van der Waals surface area contributed by atoms with Crippen LogP contribution in [0, 0.1) is 13.8 Å². The van der Waals surface area contributed by atoms with E-state index in [4.69, 9.17) is 11.6 Å². The Morgan fingerprint density at radius 1 is 1.05 bits per heavy atom. The Bertz CT molecular complexity index is 635. The summed E-state index contributed by atoms with van der Waals surface area (Å²) >= 11 is 6.32. The molecule has 0 aliphatic rings. The highest BCUT2D eigenvalue weighted by Gasteiger charge is 2.10. The third-order valence-electron chi connectivity index (χ3n) is 3.70. The molecule has 1 N–H and O–H groups in total. The van der Waals surface area contributed by atoms with E-state index in [-0.39, 0.29) is 6.04 Å². The first-order valence-corrected chi connectivity index (χ1v) is 7.57. The molecule has 0 spiro atoms. The summed E-state index contributed by atoms with van der Waals surface area (Å²) in [7, 11) is 3.99. The highest BCUT2D eigenvalue weighted by atomic mass is 35.5. The SMILES string of the molecule is Cc1ccc(C(C)Nc2ccc(N(C)C)c(Cl)c2)c(C)c1. The molecule has 0 radical (unpaired) electrons. The van der Waals surface area contributed by atoms with Gasteiger partial charge in [-0.05, 0) is 50.1 Å². The number of hydrogen-bond donors (Lipinski definition) is 1. The van der Waals surface area contributed by atoms with Crippen molar-refractivity contribution in [2.24, 2.45) is 0 Å². The number of anilines is 2. The van der Waals surface area contributed by atoms with Crippen LogP contribution in [-0.2, 0) is 0 Å². The minimum Gasteiger partial charge on any atom is -0.378 e. The molecule has 0 saturated heterocycles. The summed E-state index contributed by atoms with van der Waals surface area (Å²) in [6.07, 6.45) is 0. The fraction of sp³-hybridized carbons (Fsp3) is 0.333. The van der Waals surface area contributed by atoms with Gasteiger partial charge in [0.2, 0.25) is 0 Å². The lowest BCUT2D eigenvalue weighted by Gasteiger charge is -2.20. The minimum atomic E-state index is 0.242. The van der Waals surface area contributed by atoms with Gasteiger partial charge in [-0.1, -0.05) is 35.4 Å². The van der Waals surface area contributed by atoms with E-state index in [0.29, 0.717) is 0 Å². The molecular formula is C18H23ClN2. The zero-order valence-electron chi connectivity index (χ0n) is 13.4. The van der Waals surface area contributed by atoms with Crippen molar-refractivity contribution in [1.82, 2.24) is 0 Å². The lowest BCUT2D eigenvalue weighted by molar-refractivity contribution is 0.873. The summed E-state index contributed by atoms with van der Waals surface area (Å²) in [5, 5.41) is 4.28. The Morgan fingerprint density at radius 3 is 2.33 bits per heavy atom. The van der Waals surface area contributed by atoms with Crippen LogP contribution in [0.15, 0.2) is 36.4 Å². The highest BCUT2D eigenvalue weighted by Crippen LogP contribution is 2.30. The Balaban J connectivity index is 2.19. The van der Waals surface area contributed by atoms with E-state index < -0.39 is 0 Å². The number of benzene rings is 2. The van der Waals surface area contributed by atoms with Gasteiger partial charge >= 0.3 is 0 Å². The van der Waals surface area contributed by atoms with E-state index in [1.807, 2.05) is 31.1 Å². The van der Waals surface area contributed by atoms with Gasteiger partial charge in [0, 0.05) is 25.8 Å². The standard InChI is InChI=1S/C18H23ClN2/c1-12-6-8-16(13(2)10-12)14(3)20-15-7-9-18(21(4)5)17(19)11-15/h6-11,14,20H,1-5H3. The molecule has 0 aromatic heterocycles. The molecule has 2 rings (SSSR count). The van der Waals surface area contributed by atoms with Crippen LogP contribution in [0.1, 0.15) is 29.7 Å². The maximum atomic E-state index is 6.32. The smallest absolute Gasteiger partial charge is 0.0659 e. The summed E-state index contributed by atoms with van der Waals surface area (Å²) in [6, 6.07) is 12.9. The van der Waals surface area contributed by atoms with Crippen molar-refractivity contribution in [1.29, 1.82) is 0 Å². The van der Waals surface area contributed by atoms with Crippen molar-refractivity contribution in [3.63, 3.8) is 0 Å². The van der Waals surface area contributed by atoms with E-state index in [0.717, 1.165) is 16.4 Å². The van der Waals surface area contributed by atoms with E-state index >= 15 is 0 Å². The van der Waals surface area contributed by atoms with Crippen molar-refractivity contribution in [3.8, 4) is 0 Å². The van der Waals surface area contributed by atoms with Crippen LogP contribution in [0.2, 0.25) is 5.02 Å². The van der Waals surface area contributed by atoms with Crippen molar-refractivity contribution in [2.75, 3.05) is 24.3 Å². The first-order chi connectivity index (χ1) is 9.88. The fourth-order valence-electron chi connectivity index (χ4n) is 2.60. The van der Waals surface area contributed by atoms with Gasteiger partial charge in [-0.15, -0.1) is 0 Å². The molecule has 0 aliphatic carbocycles.